The second-order valence-electron chi connectivity index (χ2n) is 5.60. The highest BCUT2D eigenvalue weighted by molar-refractivity contribution is 7.09. The van der Waals surface area contributed by atoms with E-state index in [9.17, 15) is 4.79 Å². The number of carbonyl (C=O) groups is 1. The Balaban J connectivity index is 1.57. The fourth-order valence-electron chi connectivity index (χ4n) is 2.27. The maximum absolute atomic E-state index is 12.0. The minimum atomic E-state index is -0.259. The molecule has 1 N–H and O–H groups in total. The van der Waals surface area contributed by atoms with Crippen molar-refractivity contribution in [2.24, 2.45) is 0 Å². The summed E-state index contributed by atoms with van der Waals surface area (Å²) in [5.41, 5.74) is 3.58. The first-order valence-electron chi connectivity index (χ1n) is 7.72. The first kappa shape index (κ1) is 17.5. The average molecular weight is 373 g/mol. The summed E-state index contributed by atoms with van der Waals surface area (Å²) in [6.45, 7) is 3.83. The van der Waals surface area contributed by atoms with Gasteiger partial charge < -0.3 is 10.1 Å². The van der Waals surface area contributed by atoms with Gasteiger partial charge in [-0.2, -0.15) is 0 Å². The number of aromatic nitrogens is 1. The zero-order valence-electron chi connectivity index (χ0n) is 13.9. The molecule has 0 saturated heterocycles. The molecule has 0 aliphatic carbocycles. The second kappa shape index (κ2) is 7.68. The maximum atomic E-state index is 12.0. The number of benzene rings is 2. The Morgan fingerprint density at radius 3 is 2.60 bits per heavy atom. The van der Waals surface area contributed by atoms with E-state index in [1.165, 1.54) is 0 Å². The lowest BCUT2D eigenvalue weighted by Gasteiger charge is -2.09. The van der Waals surface area contributed by atoms with E-state index >= 15 is 0 Å². The topological polar surface area (TPSA) is 51.2 Å². The highest BCUT2D eigenvalue weighted by Gasteiger charge is 2.08. The number of rotatable bonds is 5. The molecule has 0 aliphatic heterocycles. The molecule has 0 radical (unpaired) electrons. The van der Waals surface area contributed by atoms with Crippen molar-refractivity contribution in [3.8, 4) is 17.0 Å². The van der Waals surface area contributed by atoms with Gasteiger partial charge >= 0.3 is 0 Å². The van der Waals surface area contributed by atoms with E-state index in [2.05, 4.69) is 10.3 Å². The van der Waals surface area contributed by atoms with E-state index in [1.54, 1.807) is 23.5 Å². The molecule has 1 heterocycles. The number of hydrogen-bond donors (Lipinski definition) is 1. The molecule has 0 saturated carbocycles. The zero-order chi connectivity index (χ0) is 17.8. The Morgan fingerprint density at radius 1 is 1.20 bits per heavy atom. The fourth-order valence-corrected chi connectivity index (χ4v) is 3.18. The summed E-state index contributed by atoms with van der Waals surface area (Å²) in [4.78, 5) is 16.5. The first-order chi connectivity index (χ1) is 12.0. The van der Waals surface area contributed by atoms with Crippen LogP contribution in [0.3, 0.4) is 0 Å². The SMILES string of the molecule is Cc1ccc(NC(=O)COc2ccc(-c3csc(C)n3)cc2)c(Cl)c1. The quantitative estimate of drug-likeness (QED) is 0.678. The molecule has 2 aromatic carbocycles. The Labute approximate surface area is 155 Å². The van der Waals surface area contributed by atoms with Crippen molar-refractivity contribution in [1.82, 2.24) is 4.98 Å². The highest BCUT2D eigenvalue weighted by atomic mass is 35.5. The second-order valence-corrected chi connectivity index (χ2v) is 7.07. The summed E-state index contributed by atoms with van der Waals surface area (Å²) < 4.78 is 5.53. The van der Waals surface area contributed by atoms with Crippen LogP contribution in [-0.4, -0.2) is 17.5 Å². The standard InChI is InChI=1S/C19H17ClN2O2S/c1-12-3-8-17(16(20)9-12)22-19(23)10-24-15-6-4-14(5-7-15)18-11-25-13(2)21-18/h3-9,11H,10H2,1-2H3,(H,22,23). The fraction of sp³-hybridized carbons (Fsp3) is 0.158. The van der Waals surface area contributed by atoms with Crippen molar-refractivity contribution in [1.29, 1.82) is 0 Å². The summed E-state index contributed by atoms with van der Waals surface area (Å²) in [7, 11) is 0. The summed E-state index contributed by atoms with van der Waals surface area (Å²) in [5, 5.41) is 6.30. The summed E-state index contributed by atoms with van der Waals surface area (Å²) in [6.07, 6.45) is 0. The molecule has 0 spiro atoms. The molecule has 6 heteroatoms. The molecule has 1 aromatic heterocycles. The Morgan fingerprint density at radius 2 is 1.96 bits per heavy atom. The molecule has 0 aliphatic rings. The number of hydrogen-bond acceptors (Lipinski definition) is 4. The molecule has 0 fully saturated rings. The molecule has 0 bridgehead atoms. The number of anilines is 1. The summed E-state index contributed by atoms with van der Waals surface area (Å²) in [6, 6.07) is 13.0. The number of nitrogens with one attached hydrogen (secondary N) is 1. The molecule has 0 atom stereocenters. The number of nitrogens with zero attached hydrogens (tertiary/aromatic N) is 1. The number of carbonyl (C=O) groups excluding carboxylic acids is 1. The van der Waals surface area contributed by atoms with Gasteiger partial charge in [0.1, 0.15) is 5.75 Å². The lowest BCUT2D eigenvalue weighted by atomic mass is 10.2. The van der Waals surface area contributed by atoms with E-state index in [0.717, 1.165) is 21.8 Å². The molecular formula is C19H17ClN2O2S. The van der Waals surface area contributed by atoms with Gasteiger partial charge in [-0.15, -0.1) is 11.3 Å². The van der Waals surface area contributed by atoms with Crippen molar-refractivity contribution >= 4 is 34.5 Å². The molecule has 25 heavy (non-hydrogen) atoms. The molecule has 0 unspecified atom stereocenters. The lowest BCUT2D eigenvalue weighted by Crippen LogP contribution is -2.20. The van der Waals surface area contributed by atoms with Gasteiger partial charge in [0, 0.05) is 10.9 Å². The predicted octanol–water partition coefficient (Wildman–Crippen LogP) is 5.10. The molecule has 4 nitrogen and oxygen atoms in total. The highest BCUT2D eigenvalue weighted by Crippen LogP contribution is 2.24. The van der Waals surface area contributed by atoms with E-state index in [1.807, 2.05) is 49.6 Å². The Bertz CT molecular complexity index is 891. The van der Waals surface area contributed by atoms with E-state index in [4.69, 9.17) is 16.3 Å². The van der Waals surface area contributed by atoms with Crippen molar-refractivity contribution in [3.05, 3.63) is 63.4 Å². The normalized spacial score (nSPS) is 10.5. The van der Waals surface area contributed by atoms with E-state index in [-0.39, 0.29) is 12.5 Å². The average Bonchev–Trinajstić information content (AvgIpc) is 3.02. The van der Waals surface area contributed by atoms with Crippen LogP contribution >= 0.6 is 22.9 Å². The van der Waals surface area contributed by atoms with Crippen LogP contribution in [-0.2, 0) is 4.79 Å². The van der Waals surface area contributed by atoms with Crippen LogP contribution in [0, 0.1) is 13.8 Å². The minimum absolute atomic E-state index is 0.0840. The molecule has 3 aromatic rings. The van der Waals surface area contributed by atoms with Gasteiger partial charge in [-0.25, -0.2) is 4.98 Å². The summed E-state index contributed by atoms with van der Waals surface area (Å²) in [5.74, 6) is 0.366. The van der Waals surface area contributed by atoms with Crippen LogP contribution in [0.5, 0.6) is 5.75 Å². The van der Waals surface area contributed by atoms with Crippen molar-refractivity contribution in [2.45, 2.75) is 13.8 Å². The first-order valence-corrected chi connectivity index (χ1v) is 8.98. The van der Waals surface area contributed by atoms with Crippen molar-refractivity contribution in [2.75, 3.05) is 11.9 Å². The third kappa shape index (κ3) is 4.59. The van der Waals surface area contributed by atoms with Crippen LogP contribution < -0.4 is 10.1 Å². The number of ether oxygens (including phenoxy) is 1. The molecular weight excluding hydrogens is 356 g/mol. The monoisotopic (exact) mass is 372 g/mol. The van der Waals surface area contributed by atoms with E-state index < -0.39 is 0 Å². The smallest absolute Gasteiger partial charge is 0.262 e. The number of aryl methyl sites for hydroxylation is 2. The number of amides is 1. The van der Waals surface area contributed by atoms with Gasteiger partial charge in [-0.3, -0.25) is 4.79 Å². The third-order valence-corrected chi connectivity index (χ3v) is 4.62. The molecule has 128 valence electrons. The van der Waals surface area contributed by atoms with Crippen LogP contribution in [0.15, 0.2) is 47.8 Å². The van der Waals surface area contributed by atoms with Crippen molar-refractivity contribution < 1.29 is 9.53 Å². The van der Waals surface area contributed by atoms with Gasteiger partial charge in [0.15, 0.2) is 6.61 Å². The molecule has 3 rings (SSSR count). The lowest BCUT2D eigenvalue weighted by molar-refractivity contribution is -0.118. The third-order valence-electron chi connectivity index (χ3n) is 3.54. The van der Waals surface area contributed by atoms with Crippen LogP contribution in [0.4, 0.5) is 5.69 Å². The van der Waals surface area contributed by atoms with Gasteiger partial charge in [-0.05, 0) is 55.8 Å². The Kier molecular flexibility index (Phi) is 5.36. The van der Waals surface area contributed by atoms with Gasteiger partial charge in [0.05, 0.1) is 21.4 Å². The van der Waals surface area contributed by atoms with Gasteiger partial charge in [0.2, 0.25) is 0 Å². The number of thiazole rings is 1. The van der Waals surface area contributed by atoms with Gasteiger partial charge in [0.25, 0.3) is 5.91 Å². The van der Waals surface area contributed by atoms with Crippen LogP contribution in [0.2, 0.25) is 5.02 Å². The maximum Gasteiger partial charge on any atom is 0.262 e. The van der Waals surface area contributed by atoms with Crippen LogP contribution in [0.25, 0.3) is 11.3 Å². The largest absolute Gasteiger partial charge is 0.484 e. The number of halogens is 1. The minimum Gasteiger partial charge on any atom is -0.484 e. The van der Waals surface area contributed by atoms with Crippen molar-refractivity contribution in [3.63, 3.8) is 0 Å². The predicted molar refractivity (Wildman–Crippen MR) is 103 cm³/mol. The molecule has 1 amide bonds. The zero-order valence-corrected chi connectivity index (χ0v) is 15.4. The summed E-state index contributed by atoms with van der Waals surface area (Å²) >= 11 is 7.72. The Hall–Kier alpha value is -2.37. The van der Waals surface area contributed by atoms with E-state index in [0.29, 0.717) is 16.5 Å². The van der Waals surface area contributed by atoms with Gasteiger partial charge in [-0.1, -0.05) is 17.7 Å². The van der Waals surface area contributed by atoms with Crippen LogP contribution in [0.1, 0.15) is 10.6 Å².